The van der Waals surface area contributed by atoms with Gasteiger partial charge in [0.05, 0.1) is 0 Å². The molecule has 0 amide bonds. The van der Waals surface area contributed by atoms with Crippen molar-refractivity contribution in [1.29, 1.82) is 0 Å². The molecule has 0 radical (unpaired) electrons. The number of rotatable bonds is 5. The maximum Gasteiger partial charge on any atom is 1.00 e. The van der Waals surface area contributed by atoms with Crippen molar-refractivity contribution in [1.82, 2.24) is 24.1 Å². The van der Waals surface area contributed by atoms with Crippen LogP contribution in [0.5, 0.6) is 0 Å². The molecule has 3 aromatic heterocycles. The number of fused-ring (bicyclic) bond motifs is 1. The fourth-order valence-electron chi connectivity index (χ4n) is 2.90. The van der Waals surface area contributed by atoms with Crippen LogP contribution in [-0.2, 0) is 46.0 Å². The molecule has 0 fully saturated rings. The van der Waals surface area contributed by atoms with E-state index in [-0.39, 0.29) is 64.6 Å². The summed E-state index contributed by atoms with van der Waals surface area (Å²) in [7, 11) is 5.19. The van der Waals surface area contributed by atoms with E-state index in [0.717, 1.165) is 6.20 Å². The van der Waals surface area contributed by atoms with Gasteiger partial charge in [0.1, 0.15) is 0 Å². The average Bonchev–Trinajstić information content (AvgIpc) is 3.17. The topological polar surface area (TPSA) is 82.7 Å². The first-order valence-corrected chi connectivity index (χ1v) is 15.4. The van der Waals surface area contributed by atoms with Crippen molar-refractivity contribution in [2.24, 2.45) is 14.1 Å². The first-order valence-electron chi connectivity index (χ1n) is 8.38. The zero-order chi connectivity index (χ0) is 22.6. The Morgan fingerprint density at radius 2 is 1.72 bits per heavy atom. The van der Waals surface area contributed by atoms with Crippen LogP contribution in [0.15, 0.2) is 17.3 Å². The SMILES string of the molecule is CCS(=O)(=O)c1c(-c2nc3cc(C(F)(F)C(F)(F)F)ncc3n2C)n[c]([Zn][Cl])n1C.[Cl-].[Li+]. The molecule has 0 saturated heterocycles. The molecule has 0 N–H and O–H groups in total. The van der Waals surface area contributed by atoms with E-state index in [2.05, 4.69) is 15.0 Å². The zero-order valence-corrected chi connectivity index (χ0v) is 22.5. The number of aryl methyl sites for hydroxylation is 1. The molecule has 0 aliphatic carbocycles. The van der Waals surface area contributed by atoms with Crippen molar-refractivity contribution in [2.45, 2.75) is 24.0 Å². The van der Waals surface area contributed by atoms with E-state index < -0.39 is 43.8 Å². The number of pyridine rings is 1. The summed E-state index contributed by atoms with van der Waals surface area (Å²) in [5, 5.41) is -0.140. The minimum atomic E-state index is -5.82. The number of aromatic nitrogens is 5. The Morgan fingerprint density at radius 3 is 2.22 bits per heavy atom. The van der Waals surface area contributed by atoms with Gasteiger partial charge in [-0.1, -0.05) is 0 Å². The van der Waals surface area contributed by atoms with Crippen molar-refractivity contribution < 1.29 is 77.8 Å². The van der Waals surface area contributed by atoms with Gasteiger partial charge in [-0.15, -0.1) is 0 Å². The Labute approximate surface area is 209 Å². The normalized spacial score (nSPS) is 12.3. The van der Waals surface area contributed by atoms with Crippen molar-refractivity contribution >= 4 is 35.0 Å². The molecule has 0 spiro atoms. The largest absolute Gasteiger partial charge is 1.00 e. The van der Waals surface area contributed by atoms with E-state index in [1.807, 2.05) is 0 Å². The van der Waals surface area contributed by atoms with Gasteiger partial charge in [-0.25, -0.2) is 0 Å². The molecule has 168 valence electrons. The molecule has 17 heteroatoms. The van der Waals surface area contributed by atoms with Gasteiger partial charge < -0.3 is 12.4 Å². The number of alkyl halides is 5. The molecule has 3 aromatic rings. The zero-order valence-electron chi connectivity index (χ0n) is 17.2. The minimum Gasteiger partial charge on any atom is -1.00 e. The summed E-state index contributed by atoms with van der Waals surface area (Å²) < 4.78 is 93.7. The van der Waals surface area contributed by atoms with Crippen molar-refractivity contribution in [3.8, 4) is 11.5 Å². The Kier molecular flexibility index (Phi) is 9.00. The van der Waals surface area contributed by atoms with Crippen LogP contribution in [0.25, 0.3) is 22.6 Å². The number of imidazole rings is 2. The van der Waals surface area contributed by atoms with Crippen molar-refractivity contribution in [2.75, 3.05) is 5.75 Å². The molecule has 7 nitrogen and oxygen atoms in total. The summed E-state index contributed by atoms with van der Waals surface area (Å²) in [5.41, 5.74) is -1.62. The van der Waals surface area contributed by atoms with E-state index in [0.29, 0.717) is 10.5 Å². The number of nitrogens with zero attached hydrogens (tertiary/aromatic N) is 5. The first kappa shape index (κ1) is 29.3. The molecular formula is C15H13Cl2F5LiN5O2SZn. The van der Waals surface area contributed by atoms with E-state index in [1.54, 1.807) is 0 Å². The second-order valence-electron chi connectivity index (χ2n) is 6.40. The summed E-state index contributed by atoms with van der Waals surface area (Å²) in [4.78, 5) is 11.6. The molecule has 0 bridgehead atoms. The fraction of sp³-hybridized carbons (Fsp3) is 0.400. The number of hydrogen-bond acceptors (Lipinski definition) is 5. The molecule has 3 rings (SSSR count). The summed E-state index contributed by atoms with van der Waals surface area (Å²) in [6.07, 6.45) is -4.99. The number of hydrogen-bond donors (Lipinski definition) is 0. The van der Waals surface area contributed by atoms with E-state index in [4.69, 9.17) is 9.69 Å². The van der Waals surface area contributed by atoms with E-state index >= 15 is 0 Å². The second kappa shape index (κ2) is 9.84. The Balaban J connectivity index is 0.00000256. The molecule has 3 heterocycles. The van der Waals surface area contributed by atoms with E-state index in [9.17, 15) is 30.4 Å². The van der Waals surface area contributed by atoms with Crippen LogP contribution < -0.4 is 35.7 Å². The first-order chi connectivity index (χ1) is 13.8. The predicted octanol–water partition coefficient (Wildman–Crippen LogP) is -3.31. The molecule has 0 aliphatic rings. The number of halogens is 7. The summed E-state index contributed by atoms with van der Waals surface area (Å²) in [6, 6.07) is 0.531. The van der Waals surface area contributed by atoms with Gasteiger partial charge >= 0.3 is 198 Å². The van der Waals surface area contributed by atoms with Crippen molar-refractivity contribution in [3.63, 3.8) is 0 Å². The summed E-state index contributed by atoms with van der Waals surface area (Å²) in [6.45, 7) is 1.44. The monoisotopic (exact) mass is 563 g/mol. The maximum atomic E-state index is 13.7. The minimum absolute atomic E-state index is 0. The molecule has 0 saturated carbocycles. The van der Waals surface area contributed by atoms with Crippen LogP contribution >= 0.6 is 9.69 Å². The summed E-state index contributed by atoms with van der Waals surface area (Å²) in [5.74, 6) is -5.41. The van der Waals surface area contributed by atoms with Crippen LogP contribution in [0.3, 0.4) is 0 Å². The average molecular weight is 566 g/mol. The van der Waals surface area contributed by atoms with Crippen molar-refractivity contribution in [3.05, 3.63) is 18.0 Å². The second-order valence-corrected chi connectivity index (χ2v) is 11.9. The van der Waals surface area contributed by atoms with Gasteiger partial charge in [-0.05, 0) is 0 Å². The molecular weight excluding hydrogens is 552 g/mol. The maximum absolute atomic E-state index is 13.7. The molecule has 0 aliphatic heterocycles. The van der Waals surface area contributed by atoms with Gasteiger partial charge in [-0.2, -0.15) is 0 Å². The summed E-state index contributed by atoms with van der Waals surface area (Å²) >= 11 is -1.86. The van der Waals surface area contributed by atoms with Crippen LogP contribution in [0, 0.1) is 0 Å². The third-order valence-electron chi connectivity index (χ3n) is 4.59. The number of sulfone groups is 1. The predicted molar refractivity (Wildman–Crippen MR) is 93.9 cm³/mol. The molecule has 32 heavy (non-hydrogen) atoms. The van der Waals surface area contributed by atoms with Crippen LogP contribution in [0.2, 0.25) is 0 Å². The van der Waals surface area contributed by atoms with Gasteiger partial charge in [0, 0.05) is 0 Å². The van der Waals surface area contributed by atoms with Gasteiger partial charge in [0.15, 0.2) is 0 Å². The quantitative estimate of drug-likeness (QED) is 0.239. The smallest absolute Gasteiger partial charge is 1.00 e. The van der Waals surface area contributed by atoms with Gasteiger partial charge in [0.25, 0.3) is 0 Å². The van der Waals surface area contributed by atoms with Crippen LogP contribution in [-0.4, -0.2) is 44.4 Å². The van der Waals surface area contributed by atoms with Gasteiger partial charge in [0.2, 0.25) is 0 Å². The van der Waals surface area contributed by atoms with E-state index in [1.165, 1.54) is 30.2 Å². The molecule has 0 aromatic carbocycles. The third-order valence-corrected chi connectivity index (χ3v) is 9.47. The standard InChI is InChI=1S/C15H13F5N5O2S.2ClH.Li.Zn/c1-4-28(26,27)13-11(22-7-24(13)2)12-23-8-5-10(14(16,17)15(18,19)20)21-6-9(8)25(12)3;;;;/h5-6H,4H2,1-3H3;2*1H;;/q;;;2*+1/p-2. The van der Waals surface area contributed by atoms with Crippen LogP contribution in [0.1, 0.15) is 12.6 Å². The van der Waals surface area contributed by atoms with Gasteiger partial charge in [-0.3, -0.25) is 0 Å². The Morgan fingerprint density at radius 1 is 1.12 bits per heavy atom. The molecule has 0 unspecified atom stereocenters. The van der Waals surface area contributed by atoms with Crippen LogP contribution in [0.4, 0.5) is 22.0 Å². The third kappa shape index (κ3) is 4.72. The Bertz CT molecular complexity index is 1250. The molecule has 0 atom stereocenters. The Hall–Kier alpha value is -0.769. The fourth-order valence-corrected chi connectivity index (χ4v) is 6.78.